The molecule has 0 radical (unpaired) electrons. The Labute approximate surface area is 117 Å². The fourth-order valence-electron chi connectivity index (χ4n) is 1.91. The molecule has 0 saturated heterocycles. The van der Waals surface area contributed by atoms with Gasteiger partial charge in [0.05, 0.1) is 21.9 Å². The standard InChI is InChI=1S/C13H17ClN4O/c1-7-5-6-9(14)11-10(7)15-12(13(3,4)16-11)18-17-8(2)19/h5-6,16H,1-4H3,(H,15,18)(H,17,19). The van der Waals surface area contributed by atoms with Crippen molar-refractivity contribution in [3.05, 3.63) is 22.7 Å². The van der Waals surface area contributed by atoms with Crippen molar-refractivity contribution in [2.24, 2.45) is 5.10 Å². The fraction of sp³-hybridized carbons (Fsp3) is 0.385. The molecule has 1 aromatic rings. The minimum Gasteiger partial charge on any atom is -0.370 e. The number of hydrogen-bond donors (Lipinski definition) is 3. The summed E-state index contributed by atoms with van der Waals surface area (Å²) in [4.78, 5) is 11.0. The molecule has 1 aliphatic heterocycles. The maximum Gasteiger partial charge on any atom is 0.237 e. The number of amides is 1. The number of carbonyl (C=O) groups excluding carboxylic acids is 1. The van der Waals surface area contributed by atoms with E-state index in [0.29, 0.717) is 10.9 Å². The number of hydrogen-bond acceptors (Lipinski definition) is 3. The summed E-state index contributed by atoms with van der Waals surface area (Å²) >= 11 is 6.20. The maximum absolute atomic E-state index is 11.0. The highest BCUT2D eigenvalue weighted by Crippen LogP contribution is 2.39. The van der Waals surface area contributed by atoms with Gasteiger partial charge in [0.15, 0.2) is 5.84 Å². The van der Waals surface area contributed by atoms with Crippen LogP contribution < -0.4 is 16.1 Å². The SMILES string of the molecule is CC(=O)N/N=C1\Nc2c(C)ccc(Cl)c2NC1(C)C. The molecule has 5 nitrogen and oxygen atoms in total. The van der Waals surface area contributed by atoms with Crippen LogP contribution in [-0.2, 0) is 4.79 Å². The summed E-state index contributed by atoms with van der Waals surface area (Å²) in [6.07, 6.45) is 0. The van der Waals surface area contributed by atoms with Gasteiger partial charge in [-0.3, -0.25) is 4.79 Å². The lowest BCUT2D eigenvalue weighted by atomic mass is 9.98. The van der Waals surface area contributed by atoms with Crippen molar-refractivity contribution >= 4 is 34.7 Å². The summed E-state index contributed by atoms with van der Waals surface area (Å²) in [5, 5.41) is 11.3. The molecule has 102 valence electrons. The van der Waals surface area contributed by atoms with Gasteiger partial charge in [-0.15, -0.1) is 0 Å². The molecule has 6 heteroatoms. The summed E-state index contributed by atoms with van der Waals surface area (Å²) in [5.74, 6) is 0.430. The van der Waals surface area contributed by atoms with Crippen LogP contribution in [0.4, 0.5) is 11.4 Å². The second-order valence-corrected chi connectivity index (χ2v) is 5.52. The number of fused-ring (bicyclic) bond motifs is 1. The summed E-state index contributed by atoms with van der Waals surface area (Å²) < 4.78 is 0. The third-order valence-corrected chi connectivity index (χ3v) is 3.28. The number of nitrogens with zero attached hydrogens (tertiary/aromatic N) is 1. The zero-order chi connectivity index (χ0) is 14.2. The maximum atomic E-state index is 11.0. The van der Waals surface area contributed by atoms with Crippen molar-refractivity contribution in [1.29, 1.82) is 0 Å². The molecule has 0 saturated carbocycles. The predicted octanol–water partition coefficient (Wildman–Crippen LogP) is 2.71. The Morgan fingerprint density at radius 2 is 2.05 bits per heavy atom. The van der Waals surface area contributed by atoms with E-state index in [-0.39, 0.29) is 5.91 Å². The van der Waals surface area contributed by atoms with Gasteiger partial charge in [-0.2, -0.15) is 5.10 Å². The Hall–Kier alpha value is -1.75. The predicted molar refractivity (Wildman–Crippen MR) is 78.8 cm³/mol. The molecular formula is C13H17ClN4O. The van der Waals surface area contributed by atoms with E-state index in [9.17, 15) is 4.79 Å². The molecule has 1 heterocycles. The number of nitrogens with one attached hydrogen (secondary N) is 3. The normalized spacial score (nSPS) is 18.3. The van der Waals surface area contributed by atoms with E-state index in [1.54, 1.807) is 0 Å². The van der Waals surface area contributed by atoms with Crippen LogP contribution in [0.25, 0.3) is 0 Å². The molecule has 0 atom stereocenters. The first-order valence-electron chi connectivity index (χ1n) is 6.00. The zero-order valence-corrected chi connectivity index (χ0v) is 12.1. The zero-order valence-electron chi connectivity index (χ0n) is 11.4. The first-order chi connectivity index (χ1) is 8.81. The van der Waals surface area contributed by atoms with Gasteiger partial charge in [-0.05, 0) is 32.4 Å². The molecule has 2 rings (SSSR count). The van der Waals surface area contributed by atoms with Crippen LogP contribution in [0.15, 0.2) is 17.2 Å². The van der Waals surface area contributed by atoms with Crippen molar-refractivity contribution in [2.75, 3.05) is 10.6 Å². The van der Waals surface area contributed by atoms with Crippen molar-refractivity contribution in [3.8, 4) is 0 Å². The molecule has 3 N–H and O–H groups in total. The van der Waals surface area contributed by atoms with E-state index >= 15 is 0 Å². The Bertz CT molecular complexity index is 566. The van der Waals surface area contributed by atoms with E-state index < -0.39 is 5.54 Å². The van der Waals surface area contributed by atoms with Crippen LogP contribution in [0.1, 0.15) is 26.3 Å². The van der Waals surface area contributed by atoms with Gasteiger partial charge in [-0.25, -0.2) is 5.43 Å². The van der Waals surface area contributed by atoms with Crippen molar-refractivity contribution < 1.29 is 4.79 Å². The molecule has 19 heavy (non-hydrogen) atoms. The summed E-state index contributed by atoms with van der Waals surface area (Å²) in [6.45, 7) is 7.33. The third kappa shape index (κ3) is 2.66. The van der Waals surface area contributed by atoms with Gasteiger partial charge in [0, 0.05) is 6.92 Å². The number of aryl methyl sites for hydroxylation is 1. The van der Waals surface area contributed by atoms with Crippen LogP contribution in [0.2, 0.25) is 5.02 Å². The second kappa shape index (κ2) is 4.74. The van der Waals surface area contributed by atoms with Crippen LogP contribution >= 0.6 is 11.6 Å². The molecule has 1 amide bonds. The Morgan fingerprint density at radius 3 is 2.68 bits per heavy atom. The number of carbonyl (C=O) groups is 1. The lowest BCUT2D eigenvalue weighted by molar-refractivity contribution is -0.118. The minimum absolute atomic E-state index is 0.210. The molecular weight excluding hydrogens is 264 g/mol. The number of hydrazone groups is 1. The number of amidine groups is 1. The number of halogens is 1. The van der Waals surface area contributed by atoms with E-state index in [0.717, 1.165) is 16.9 Å². The number of anilines is 2. The molecule has 0 fully saturated rings. The molecule has 0 aromatic heterocycles. The second-order valence-electron chi connectivity index (χ2n) is 5.12. The summed E-state index contributed by atoms with van der Waals surface area (Å²) in [7, 11) is 0. The van der Waals surface area contributed by atoms with Crippen LogP contribution in [0, 0.1) is 6.92 Å². The lowest BCUT2D eigenvalue weighted by Gasteiger charge is -2.36. The largest absolute Gasteiger partial charge is 0.370 e. The monoisotopic (exact) mass is 280 g/mol. The highest BCUT2D eigenvalue weighted by molar-refractivity contribution is 6.34. The van der Waals surface area contributed by atoms with E-state index in [2.05, 4.69) is 21.2 Å². The van der Waals surface area contributed by atoms with E-state index in [1.165, 1.54) is 6.92 Å². The summed E-state index contributed by atoms with van der Waals surface area (Å²) in [6, 6.07) is 3.79. The third-order valence-electron chi connectivity index (χ3n) is 2.96. The molecule has 1 aromatic carbocycles. The van der Waals surface area contributed by atoms with E-state index in [4.69, 9.17) is 11.6 Å². The van der Waals surface area contributed by atoms with Crippen molar-refractivity contribution in [1.82, 2.24) is 5.43 Å². The first-order valence-corrected chi connectivity index (χ1v) is 6.38. The molecule has 0 bridgehead atoms. The lowest BCUT2D eigenvalue weighted by Crippen LogP contribution is -2.49. The van der Waals surface area contributed by atoms with Crippen LogP contribution in [0.5, 0.6) is 0 Å². The summed E-state index contributed by atoms with van der Waals surface area (Å²) in [5.41, 5.74) is 4.79. The molecule has 0 aliphatic carbocycles. The minimum atomic E-state index is -0.452. The highest BCUT2D eigenvalue weighted by Gasteiger charge is 2.33. The van der Waals surface area contributed by atoms with Gasteiger partial charge in [-0.1, -0.05) is 17.7 Å². The Morgan fingerprint density at radius 1 is 1.37 bits per heavy atom. The molecule has 0 unspecified atom stereocenters. The molecule has 0 spiro atoms. The van der Waals surface area contributed by atoms with E-state index in [1.807, 2.05) is 32.9 Å². The van der Waals surface area contributed by atoms with Crippen molar-refractivity contribution in [3.63, 3.8) is 0 Å². The van der Waals surface area contributed by atoms with Gasteiger partial charge in [0.2, 0.25) is 5.91 Å². The fourth-order valence-corrected chi connectivity index (χ4v) is 2.12. The Balaban J connectivity index is 2.45. The highest BCUT2D eigenvalue weighted by atomic mass is 35.5. The number of benzene rings is 1. The van der Waals surface area contributed by atoms with Gasteiger partial charge in [0.25, 0.3) is 0 Å². The topological polar surface area (TPSA) is 65.5 Å². The first kappa shape index (κ1) is 13.7. The van der Waals surface area contributed by atoms with Crippen molar-refractivity contribution in [2.45, 2.75) is 33.2 Å². The van der Waals surface area contributed by atoms with Gasteiger partial charge in [0.1, 0.15) is 0 Å². The quantitative estimate of drug-likeness (QED) is 0.693. The average Bonchev–Trinajstić information content (AvgIpc) is 2.31. The Kier molecular flexibility index (Phi) is 3.41. The van der Waals surface area contributed by atoms with Crippen LogP contribution in [-0.4, -0.2) is 17.3 Å². The van der Waals surface area contributed by atoms with Gasteiger partial charge >= 0.3 is 0 Å². The molecule has 1 aliphatic rings. The van der Waals surface area contributed by atoms with Gasteiger partial charge < -0.3 is 10.6 Å². The average molecular weight is 281 g/mol. The van der Waals surface area contributed by atoms with Crippen LogP contribution in [0.3, 0.4) is 0 Å². The number of rotatable bonds is 1. The smallest absolute Gasteiger partial charge is 0.237 e.